The number of carbonyl (C=O) groups excluding carboxylic acids is 1. The molecule has 0 radical (unpaired) electrons. The van der Waals surface area contributed by atoms with E-state index < -0.39 is 0 Å². The molecule has 72 valence electrons. The minimum atomic E-state index is -0.269. The molecule has 0 unspecified atom stereocenters. The summed E-state index contributed by atoms with van der Waals surface area (Å²) in [6, 6.07) is 1.93. The van der Waals surface area contributed by atoms with Crippen molar-refractivity contribution < 1.29 is 9.53 Å². The van der Waals surface area contributed by atoms with Crippen LogP contribution in [0.5, 0.6) is 0 Å². The second-order valence-electron chi connectivity index (χ2n) is 3.07. The van der Waals surface area contributed by atoms with Crippen LogP contribution in [-0.2, 0) is 4.74 Å². The minimum Gasteiger partial charge on any atom is -0.448 e. The number of carbonyl (C=O) groups is 1. The van der Waals surface area contributed by atoms with Crippen molar-refractivity contribution in [3.05, 3.63) is 0 Å². The van der Waals surface area contributed by atoms with Crippen LogP contribution in [0.3, 0.4) is 0 Å². The van der Waals surface area contributed by atoms with Crippen molar-refractivity contribution in [3.63, 3.8) is 0 Å². The lowest BCUT2D eigenvalue weighted by molar-refractivity contribution is 0.0970. The Morgan fingerprint density at radius 1 is 1.38 bits per heavy atom. The Kier molecular flexibility index (Phi) is 4.10. The molecule has 0 spiro atoms. The number of hydrogen-bond donors (Lipinski definition) is 0. The van der Waals surface area contributed by atoms with E-state index in [9.17, 15) is 4.79 Å². The molecule has 1 fully saturated rings. The van der Waals surface area contributed by atoms with Crippen LogP contribution in [0.2, 0.25) is 0 Å². The summed E-state index contributed by atoms with van der Waals surface area (Å²) in [6.07, 6.45) is 3.33. The van der Waals surface area contributed by atoms with Gasteiger partial charge < -0.3 is 9.64 Å². The van der Waals surface area contributed by atoms with Crippen LogP contribution in [0, 0.1) is 11.3 Å². The second-order valence-corrected chi connectivity index (χ2v) is 3.07. The number of rotatable bonds is 2. The topological polar surface area (TPSA) is 53.3 Å². The lowest BCUT2D eigenvalue weighted by Crippen LogP contribution is -2.36. The van der Waals surface area contributed by atoms with E-state index in [1.54, 1.807) is 4.90 Å². The first kappa shape index (κ1) is 9.85. The van der Waals surface area contributed by atoms with Crippen molar-refractivity contribution in [2.45, 2.75) is 25.7 Å². The Hall–Kier alpha value is -1.24. The predicted octanol–water partition coefficient (Wildman–Crippen LogP) is 1.52. The molecule has 1 amide bonds. The molecule has 0 saturated carbocycles. The molecule has 1 aliphatic heterocycles. The highest BCUT2D eigenvalue weighted by Crippen LogP contribution is 2.09. The monoisotopic (exact) mass is 182 g/mol. The molecule has 1 rings (SSSR count). The Bertz CT molecular complexity index is 204. The van der Waals surface area contributed by atoms with Gasteiger partial charge >= 0.3 is 6.09 Å². The van der Waals surface area contributed by atoms with Crippen LogP contribution in [-0.4, -0.2) is 30.7 Å². The number of nitriles is 1. The summed E-state index contributed by atoms with van der Waals surface area (Å²) in [4.78, 5) is 13.0. The van der Waals surface area contributed by atoms with Crippen molar-refractivity contribution in [3.8, 4) is 6.07 Å². The van der Waals surface area contributed by atoms with Crippen LogP contribution in [0.15, 0.2) is 0 Å². The van der Waals surface area contributed by atoms with Crippen LogP contribution in [0.25, 0.3) is 0 Å². The molecule has 4 nitrogen and oxygen atoms in total. The number of ether oxygens (including phenoxy) is 1. The number of piperidine rings is 1. The number of likely N-dealkylation sites (tertiary alicyclic amines) is 1. The van der Waals surface area contributed by atoms with Gasteiger partial charge in [-0.15, -0.1) is 0 Å². The molecule has 0 bridgehead atoms. The first-order valence-corrected chi connectivity index (χ1v) is 4.63. The zero-order chi connectivity index (χ0) is 9.52. The first-order valence-electron chi connectivity index (χ1n) is 4.63. The van der Waals surface area contributed by atoms with Gasteiger partial charge in [-0.3, -0.25) is 0 Å². The lowest BCUT2D eigenvalue weighted by Gasteiger charge is -2.25. The van der Waals surface area contributed by atoms with Gasteiger partial charge in [0.1, 0.15) is 6.61 Å². The molecule has 4 heteroatoms. The largest absolute Gasteiger partial charge is 0.448 e. The van der Waals surface area contributed by atoms with E-state index in [2.05, 4.69) is 0 Å². The fourth-order valence-electron chi connectivity index (χ4n) is 1.35. The fraction of sp³-hybridized carbons (Fsp3) is 0.778. The fourth-order valence-corrected chi connectivity index (χ4v) is 1.35. The Morgan fingerprint density at radius 3 is 2.69 bits per heavy atom. The maximum Gasteiger partial charge on any atom is 0.409 e. The molecule has 13 heavy (non-hydrogen) atoms. The van der Waals surface area contributed by atoms with E-state index in [0.29, 0.717) is 0 Å². The van der Waals surface area contributed by atoms with E-state index in [4.69, 9.17) is 10.00 Å². The van der Waals surface area contributed by atoms with Crippen LogP contribution in [0.1, 0.15) is 25.7 Å². The summed E-state index contributed by atoms with van der Waals surface area (Å²) >= 11 is 0. The Morgan fingerprint density at radius 2 is 2.08 bits per heavy atom. The molecule has 0 aliphatic carbocycles. The zero-order valence-electron chi connectivity index (χ0n) is 7.66. The standard InChI is InChI=1S/C9H14N2O2/c10-5-4-8-13-9(12)11-6-2-1-3-7-11/h1-4,6-8H2. The molecule has 0 aromatic heterocycles. The molecule has 0 N–H and O–H groups in total. The molecule has 0 atom stereocenters. The minimum absolute atomic E-state index is 0.214. The summed E-state index contributed by atoms with van der Waals surface area (Å²) in [6.45, 7) is 1.81. The normalized spacial score (nSPS) is 16.4. The van der Waals surface area contributed by atoms with Gasteiger partial charge in [0.25, 0.3) is 0 Å². The maximum atomic E-state index is 11.3. The van der Waals surface area contributed by atoms with E-state index in [0.717, 1.165) is 25.9 Å². The summed E-state index contributed by atoms with van der Waals surface area (Å²) in [5, 5.41) is 8.23. The third-order valence-electron chi connectivity index (χ3n) is 2.05. The van der Waals surface area contributed by atoms with E-state index in [1.807, 2.05) is 6.07 Å². The average molecular weight is 182 g/mol. The average Bonchev–Trinajstić information content (AvgIpc) is 2.19. The van der Waals surface area contributed by atoms with Crippen LogP contribution >= 0.6 is 0 Å². The summed E-state index contributed by atoms with van der Waals surface area (Å²) in [7, 11) is 0. The Labute approximate surface area is 78.1 Å². The summed E-state index contributed by atoms with van der Waals surface area (Å²) in [5.41, 5.74) is 0. The highest BCUT2D eigenvalue weighted by molar-refractivity contribution is 5.67. The summed E-state index contributed by atoms with van der Waals surface area (Å²) in [5.74, 6) is 0. The number of nitrogens with zero attached hydrogens (tertiary/aromatic N) is 2. The van der Waals surface area contributed by atoms with Crippen LogP contribution in [0.4, 0.5) is 4.79 Å². The zero-order valence-corrected chi connectivity index (χ0v) is 7.66. The highest BCUT2D eigenvalue weighted by atomic mass is 16.6. The van der Waals surface area contributed by atoms with Crippen molar-refractivity contribution in [1.82, 2.24) is 4.90 Å². The third kappa shape index (κ3) is 3.32. The molecule has 1 heterocycles. The predicted molar refractivity (Wildman–Crippen MR) is 47.0 cm³/mol. The van der Waals surface area contributed by atoms with Gasteiger partial charge in [0.05, 0.1) is 12.5 Å². The highest BCUT2D eigenvalue weighted by Gasteiger charge is 2.16. The van der Waals surface area contributed by atoms with Gasteiger partial charge in [-0.25, -0.2) is 4.79 Å². The second kappa shape index (κ2) is 5.41. The van der Waals surface area contributed by atoms with Gasteiger partial charge in [-0.1, -0.05) is 0 Å². The van der Waals surface area contributed by atoms with Crippen molar-refractivity contribution in [1.29, 1.82) is 5.26 Å². The SMILES string of the molecule is N#CCCOC(=O)N1CCCCC1. The van der Waals surface area contributed by atoms with Gasteiger partial charge in [0.2, 0.25) is 0 Å². The molecule has 0 aromatic carbocycles. The number of amides is 1. The quantitative estimate of drug-likeness (QED) is 0.608. The maximum absolute atomic E-state index is 11.3. The van der Waals surface area contributed by atoms with E-state index >= 15 is 0 Å². The Balaban J connectivity index is 2.18. The van der Waals surface area contributed by atoms with E-state index in [1.165, 1.54) is 6.42 Å². The molecular weight excluding hydrogens is 168 g/mol. The summed E-state index contributed by atoms with van der Waals surface area (Å²) < 4.78 is 4.89. The molecule has 0 aromatic rings. The third-order valence-corrected chi connectivity index (χ3v) is 2.05. The van der Waals surface area contributed by atoms with Crippen molar-refractivity contribution in [2.24, 2.45) is 0 Å². The van der Waals surface area contributed by atoms with Gasteiger partial charge in [-0.05, 0) is 19.3 Å². The van der Waals surface area contributed by atoms with Gasteiger partial charge in [0.15, 0.2) is 0 Å². The van der Waals surface area contributed by atoms with Gasteiger partial charge in [-0.2, -0.15) is 5.26 Å². The van der Waals surface area contributed by atoms with Crippen LogP contribution < -0.4 is 0 Å². The van der Waals surface area contributed by atoms with Gasteiger partial charge in [0, 0.05) is 13.1 Å². The molecule has 1 saturated heterocycles. The lowest BCUT2D eigenvalue weighted by atomic mass is 10.1. The molecular formula is C9H14N2O2. The smallest absolute Gasteiger partial charge is 0.409 e. The molecule has 1 aliphatic rings. The number of hydrogen-bond acceptors (Lipinski definition) is 3. The first-order chi connectivity index (χ1) is 6.34. The van der Waals surface area contributed by atoms with Crippen molar-refractivity contribution in [2.75, 3.05) is 19.7 Å². The van der Waals surface area contributed by atoms with Crippen molar-refractivity contribution >= 4 is 6.09 Å². The van der Waals surface area contributed by atoms with E-state index in [-0.39, 0.29) is 19.1 Å².